The zero-order valence-corrected chi connectivity index (χ0v) is 26.9. The summed E-state index contributed by atoms with van der Waals surface area (Å²) in [6.45, 7) is 3.93. The number of benzene rings is 3. The standard InChI is InChI=1S/C35H38F3N3O7/c1-4-47-33(42)19-25-10-13-31(32(18-25)46-3)48-27-14-16-39(17-15-27)23(2)34(43,35(36,37)38)29-22-40(21-24-8-6-5-7-9-24)30-20-26(41(44)45)11-12-28(29)30/h5-13,18,20,22-23,27,43H,4,14-17,19,21H2,1-3H3. The van der Waals surface area contributed by atoms with Crippen molar-refractivity contribution in [3.8, 4) is 11.5 Å². The topological polar surface area (TPSA) is 116 Å². The lowest BCUT2D eigenvalue weighted by Gasteiger charge is -2.44. The van der Waals surface area contributed by atoms with Crippen molar-refractivity contribution >= 4 is 22.6 Å². The number of hydrogen-bond acceptors (Lipinski definition) is 8. The van der Waals surface area contributed by atoms with E-state index in [2.05, 4.69) is 0 Å². The minimum Gasteiger partial charge on any atom is -0.493 e. The number of carbonyl (C=O) groups excluding carboxylic acids is 1. The van der Waals surface area contributed by atoms with Gasteiger partial charge in [0, 0.05) is 55.0 Å². The van der Waals surface area contributed by atoms with Crippen molar-refractivity contribution in [2.75, 3.05) is 26.8 Å². The quantitative estimate of drug-likeness (QED) is 0.105. The maximum Gasteiger partial charge on any atom is 0.423 e. The molecule has 48 heavy (non-hydrogen) atoms. The Kier molecular flexibility index (Phi) is 10.3. The lowest BCUT2D eigenvalue weighted by atomic mass is 9.84. The van der Waals surface area contributed by atoms with Crippen LogP contribution in [0.4, 0.5) is 18.9 Å². The largest absolute Gasteiger partial charge is 0.493 e. The van der Waals surface area contributed by atoms with Crippen LogP contribution >= 0.6 is 0 Å². The molecule has 1 aliphatic rings. The van der Waals surface area contributed by atoms with Gasteiger partial charge in [-0.25, -0.2) is 0 Å². The fraction of sp³-hybridized carbons (Fsp3) is 0.400. The summed E-state index contributed by atoms with van der Waals surface area (Å²) in [4.78, 5) is 24.5. The van der Waals surface area contributed by atoms with E-state index in [0.717, 1.165) is 11.6 Å². The summed E-state index contributed by atoms with van der Waals surface area (Å²) in [5.41, 5.74) is -2.25. The average molecular weight is 670 g/mol. The smallest absolute Gasteiger partial charge is 0.423 e. The van der Waals surface area contributed by atoms with Crippen LogP contribution < -0.4 is 9.47 Å². The van der Waals surface area contributed by atoms with Gasteiger partial charge in [0.2, 0.25) is 5.60 Å². The molecule has 4 aromatic rings. The highest BCUT2D eigenvalue weighted by molar-refractivity contribution is 5.87. The predicted molar refractivity (Wildman–Crippen MR) is 172 cm³/mol. The molecule has 2 heterocycles. The molecule has 2 unspecified atom stereocenters. The summed E-state index contributed by atoms with van der Waals surface area (Å²) in [6.07, 6.45) is -3.30. The number of piperidine rings is 1. The fourth-order valence-corrected chi connectivity index (χ4v) is 6.35. The molecule has 0 bridgehead atoms. The van der Waals surface area contributed by atoms with Gasteiger partial charge in [0.05, 0.1) is 30.6 Å². The van der Waals surface area contributed by atoms with Crippen LogP contribution in [0.2, 0.25) is 0 Å². The van der Waals surface area contributed by atoms with Crippen LogP contribution in [0, 0.1) is 10.1 Å². The molecule has 5 rings (SSSR count). The number of aliphatic hydroxyl groups is 1. The molecule has 13 heteroatoms. The van der Waals surface area contributed by atoms with Gasteiger partial charge in [-0.2, -0.15) is 13.2 Å². The minimum absolute atomic E-state index is 0.0741. The maximum absolute atomic E-state index is 15.1. The number of aromatic nitrogens is 1. The van der Waals surface area contributed by atoms with Crippen LogP contribution in [-0.2, 0) is 28.1 Å². The van der Waals surface area contributed by atoms with Crippen molar-refractivity contribution in [2.24, 2.45) is 0 Å². The van der Waals surface area contributed by atoms with E-state index in [1.807, 2.05) is 6.07 Å². The van der Waals surface area contributed by atoms with E-state index >= 15 is 13.2 Å². The first-order valence-corrected chi connectivity index (χ1v) is 15.7. The van der Waals surface area contributed by atoms with Gasteiger partial charge in [0.25, 0.3) is 5.69 Å². The van der Waals surface area contributed by atoms with Crippen molar-refractivity contribution in [2.45, 2.75) is 63.6 Å². The fourth-order valence-electron chi connectivity index (χ4n) is 6.35. The molecule has 0 saturated carbocycles. The molecule has 3 aromatic carbocycles. The Balaban J connectivity index is 1.38. The van der Waals surface area contributed by atoms with Crippen molar-refractivity contribution < 1.29 is 42.2 Å². The first-order valence-electron chi connectivity index (χ1n) is 15.7. The van der Waals surface area contributed by atoms with Gasteiger partial charge in [-0.3, -0.25) is 19.8 Å². The lowest BCUT2D eigenvalue weighted by Crippen LogP contribution is -2.59. The van der Waals surface area contributed by atoms with Crippen LogP contribution in [0.3, 0.4) is 0 Å². The highest BCUT2D eigenvalue weighted by Gasteiger charge is 2.61. The Morgan fingerprint density at radius 1 is 1.04 bits per heavy atom. The molecule has 2 atom stereocenters. The van der Waals surface area contributed by atoms with E-state index in [9.17, 15) is 20.0 Å². The molecule has 256 valence electrons. The SMILES string of the molecule is CCOC(=O)Cc1ccc(OC2CCN(C(C)C(O)(c3cn(Cc4ccccc4)c4cc([N+](=O)[O-])ccc34)C(F)(F)F)CC2)c(OC)c1. The number of non-ortho nitro benzene ring substituents is 1. The van der Waals surface area contributed by atoms with Crippen LogP contribution in [-0.4, -0.2) is 70.6 Å². The molecule has 0 amide bonds. The lowest BCUT2D eigenvalue weighted by molar-refractivity contribution is -0.384. The van der Waals surface area contributed by atoms with E-state index in [4.69, 9.17) is 14.2 Å². The van der Waals surface area contributed by atoms with E-state index < -0.39 is 22.7 Å². The number of nitro groups is 1. The number of ether oxygens (including phenoxy) is 3. The number of halogens is 3. The van der Waals surface area contributed by atoms with E-state index in [1.165, 1.54) is 36.9 Å². The van der Waals surface area contributed by atoms with Gasteiger partial charge < -0.3 is 23.9 Å². The van der Waals surface area contributed by atoms with Gasteiger partial charge >= 0.3 is 12.1 Å². The zero-order valence-electron chi connectivity index (χ0n) is 26.9. The molecule has 1 aliphatic heterocycles. The first-order chi connectivity index (χ1) is 22.8. The average Bonchev–Trinajstić information content (AvgIpc) is 3.42. The van der Waals surface area contributed by atoms with E-state index in [0.29, 0.717) is 29.9 Å². The number of hydrogen-bond donors (Lipinski definition) is 1. The van der Waals surface area contributed by atoms with Crippen LogP contribution in [0.5, 0.6) is 11.5 Å². The monoisotopic (exact) mass is 669 g/mol. The normalized spacial score (nSPS) is 16.3. The van der Waals surface area contributed by atoms with Gasteiger partial charge in [-0.05, 0) is 56.0 Å². The number of nitro benzene ring substituents is 1. The van der Waals surface area contributed by atoms with Crippen molar-refractivity contribution in [1.29, 1.82) is 0 Å². The van der Waals surface area contributed by atoms with Gasteiger partial charge in [0.1, 0.15) is 6.10 Å². The summed E-state index contributed by atoms with van der Waals surface area (Å²) in [7, 11) is 1.48. The number of carbonyl (C=O) groups is 1. The Morgan fingerprint density at radius 2 is 1.75 bits per heavy atom. The molecule has 0 spiro atoms. The van der Waals surface area contributed by atoms with E-state index in [1.54, 1.807) is 54.3 Å². The van der Waals surface area contributed by atoms with E-state index in [-0.39, 0.29) is 66.9 Å². The summed E-state index contributed by atoms with van der Waals surface area (Å²) >= 11 is 0. The predicted octanol–water partition coefficient (Wildman–Crippen LogP) is 6.39. The number of esters is 1. The second-order valence-electron chi connectivity index (χ2n) is 11.9. The van der Waals surface area contributed by atoms with Crippen molar-refractivity contribution in [1.82, 2.24) is 9.47 Å². The van der Waals surface area contributed by atoms with Gasteiger partial charge in [0.15, 0.2) is 11.5 Å². The van der Waals surface area contributed by atoms with Crippen LogP contribution in [0.1, 0.15) is 43.4 Å². The second-order valence-corrected chi connectivity index (χ2v) is 11.9. The van der Waals surface area contributed by atoms with Crippen LogP contribution in [0.25, 0.3) is 10.9 Å². The number of rotatable bonds is 12. The summed E-state index contributed by atoms with van der Waals surface area (Å²) in [6, 6.07) is 16.4. The highest BCUT2D eigenvalue weighted by atomic mass is 19.4. The van der Waals surface area contributed by atoms with Crippen LogP contribution in [0.15, 0.2) is 72.9 Å². The molecule has 1 N–H and O–H groups in total. The molecule has 10 nitrogen and oxygen atoms in total. The Morgan fingerprint density at radius 3 is 2.38 bits per heavy atom. The third kappa shape index (κ3) is 7.12. The third-order valence-corrected chi connectivity index (χ3v) is 8.92. The van der Waals surface area contributed by atoms with Crippen molar-refractivity contribution in [3.63, 3.8) is 0 Å². The van der Waals surface area contributed by atoms with Gasteiger partial charge in [-0.15, -0.1) is 0 Å². The number of fused-ring (bicyclic) bond motifs is 1. The molecule has 1 saturated heterocycles. The number of methoxy groups -OCH3 is 1. The zero-order chi connectivity index (χ0) is 34.6. The molecule has 0 aliphatic carbocycles. The number of alkyl halides is 3. The molecule has 1 fully saturated rings. The summed E-state index contributed by atoms with van der Waals surface area (Å²) in [5.74, 6) is 0.505. The summed E-state index contributed by atoms with van der Waals surface area (Å²) in [5, 5.41) is 23.4. The number of likely N-dealkylation sites (tertiary alicyclic amines) is 1. The second kappa shape index (κ2) is 14.2. The molecular formula is C35H38F3N3O7. The highest BCUT2D eigenvalue weighted by Crippen LogP contribution is 2.47. The first kappa shape index (κ1) is 34.7. The summed E-state index contributed by atoms with van der Waals surface area (Å²) < 4.78 is 63.5. The third-order valence-electron chi connectivity index (χ3n) is 8.92. The Bertz CT molecular complexity index is 1750. The Labute approximate surface area is 275 Å². The minimum atomic E-state index is -5.08. The Hall–Kier alpha value is -4.62. The molecule has 0 radical (unpaired) electrons. The van der Waals surface area contributed by atoms with Gasteiger partial charge in [-0.1, -0.05) is 36.4 Å². The number of nitrogens with zero attached hydrogens (tertiary/aromatic N) is 3. The molecule has 1 aromatic heterocycles. The maximum atomic E-state index is 15.1. The van der Waals surface area contributed by atoms with Crippen molar-refractivity contribution in [3.05, 3.63) is 99.7 Å². The molecular weight excluding hydrogens is 631 g/mol.